The van der Waals surface area contributed by atoms with Crippen molar-refractivity contribution in [3.05, 3.63) is 58.4 Å². The van der Waals surface area contributed by atoms with Crippen molar-refractivity contribution in [1.29, 1.82) is 5.26 Å². The molecule has 27 heavy (non-hydrogen) atoms. The van der Waals surface area contributed by atoms with Crippen LogP contribution in [0.4, 0.5) is 0 Å². The van der Waals surface area contributed by atoms with Gasteiger partial charge in [-0.1, -0.05) is 0 Å². The Hall–Kier alpha value is -3.71. The molecule has 0 radical (unpaired) electrons. The van der Waals surface area contributed by atoms with Gasteiger partial charge in [0.15, 0.2) is 5.65 Å². The molecule has 0 aliphatic rings. The molecule has 0 amide bonds. The molecule has 10 heteroatoms. The molecule has 0 spiro atoms. The first-order valence-electron chi connectivity index (χ1n) is 7.66. The van der Waals surface area contributed by atoms with Crippen molar-refractivity contribution in [3.63, 3.8) is 0 Å². The van der Waals surface area contributed by atoms with Crippen LogP contribution in [0.15, 0.2) is 57.2 Å². The summed E-state index contributed by atoms with van der Waals surface area (Å²) in [7, 11) is -2.57. The molecule has 0 aliphatic heterocycles. The van der Waals surface area contributed by atoms with Crippen molar-refractivity contribution in [2.24, 2.45) is 0 Å². The standard InChI is InChI=1S/C17H11N5O4S/c1-26-11-4-7-13-14(8-11)22-15(19-16(13)23)17(20-21-22)27(24,25)12-5-2-10(9-18)3-6-12/h2-8,21H,1H3. The van der Waals surface area contributed by atoms with Gasteiger partial charge in [0.25, 0.3) is 5.56 Å². The van der Waals surface area contributed by atoms with Crippen LogP contribution in [-0.2, 0) is 9.84 Å². The molecule has 2 aromatic heterocycles. The number of nitrogens with one attached hydrogen (secondary N) is 1. The smallest absolute Gasteiger partial charge is 0.281 e. The summed E-state index contributed by atoms with van der Waals surface area (Å²) in [5.41, 5.74) is 0.0156. The highest BCUT2D eigenvalue weighted by molar-refractivity contribution is 7.91. The second kappa shape index (κ2) is 5.93. The van der Waals surface area contributed by atoms with Gasteiger partial charge < -0.3 is 4.74 Å². The highest BCUT2D eigenvalue weighted by Gasteiger charge is 2.26. The number of nitrogens with zero attached hydrogens (tertiary/aromatic N) is 4. The molecule has 0 fully saturated rings. The molecule has 0 atom stereocenters. The fourth-order valence-corrected chi connectivity index (χ4v) is 3.97. The van der Waals surface area contributed by atoms with Crippen LogP contribution in [0.25, 0.3) is 16.6 Å². The highest BCUT2D eigenvalue weighted by atomic mass is 32.2. The van der Waals surface area contributed by atoms with Crippen molar-refractivity contribution < 1.29 is 13.2 Å². The number of aromatic nitrogens is 4. The Balaban J connectivity index is 2.00. The summed E-state index contributed by atoms with van der Waals surface area (Å²) >= 11 is 0. The molecule has 0 saturated carbocycles. The SMILES string of the molecule is COc1ccc2c(=O)nc3c(S(=O)(=O)c4ccc(C#N)cc4)n[nH]n3c2c1. The van der Waals surface area contributed by atoms with Gasteiger partial charge in [-0.25, -0.2) is 18.1 Å². The van der Waals surface area contributed by atoms with Crippen molar-refractivity contribution >= 4 is 26.4 Å². The lowest BCUT2D eigenvalue weighted by Gasteiger charge is -2.04. The van der Waals surface area contributed by atoms with E-state index in [4.69, 9.17) is 10.00 Å². The van der Waals surface area contributed by atoms with Crippen LogP contribution in [0.1, 0.15) is 5.56 Å². The van der Waals surface area contributed by atoms with E-state index < -0.39 is 15.4 Å². The molecule has 0 saturated heterocycles. The molecule has 0 unspecified atom stereocenters. The maximum Gasteiger partial charge on any atom is 0.281 e. The molecule has 0 aliphatic carbocycles. The number of H-pyrrole nitrogens is 1. The van der Waals surface area contributed by atoms with Crippen molar-refractivity contribution in [1.82, 2.24) is 19.8 Å². The Morgan fingerprint density at radius 3 is 2.59 bits per heavy atom. The topological polar surface area (TPSA) is 130 Å². The lowest BCUT2D eigenvalue weighted by Crippen LogP contribution is -2.12. The van der Waals surface area contributed by atoms with Crippen molar-refractivity contribution in [2.45, 2.75) is 9.92 Å². The number of hydrogen-bond donors (Lipinski definition) is 1. The van der Waals surface area contributed by atoms with E-state index in [2.05, 4.69) is 15.3 Å². The lowest BCUT2D eigenvalue weighted by molar-refractivity contribution is 0.415. The van der Waals surface area contributed by atoms with E-state index in [1.807, 2.05) is 6.07 Å². The first-order chi connectivity index (χ1) is 13.0. The third-order valence-corrected chi connectivity index (χ3v) is 5.76. The number of ether oxygens (including phenoxy) is 1. The van der Waals surface area contributed by atoms with Crippen molar-refractivity contribution in [3.8, 4) is 11.8 Å². The maximum absolute atomic E-state index is 12.9. The third-order valence-electron chi connectivity index (χ3n) is 4.09. The first kappa shape index (κ1) is 16.7. The number of hydrogen-bond acceptors (Lipinski definition) is 7. The molecule has 2 aromatic carbocycles. The van der Waals surface area contributed by atoms with Gasteiger partial charge in [0, 0.05) is 6.07 Å². The molecule has 4 aromatic rings. The minimum Gasteiger partial charge on any atom is -0.497 e. The molecule has 9 nitrogen and oxygen atoms in total. The molecule has 2 heterocycles. The number of nitriles is 1. The summed E-state index contributed by atoms with van der Waals surface area (Å²) in [5, 5.41) is 15.2. The van der Waals surface area contributed by atoms with Crippen LogP contribution >= 0.6 is 0 Å². The molecule has 1 N–H and O–H groups in total. The van der Waals surface area contributed by atoms with E-state index in [1.165, 1.54) is 35.9 Å². The van der Waals surface area contributed by atoms with Crippen LogP contribution in [0.2, 0.25) is 0 Å². The number of methoxy groups -OCH3 is 1. The molecule has 0 bridgehead atoms. The number of sulfone groups is 1. The van der Waals surface area contributed by atoms with Crippen LogP contribution in [0.3, 0.4) is 0 Å². The van der Waals surface area contributed by atoms with Gasteiger partial charge in [0.05, 0.1) is 34.5 Å². The summed E-state index contributed by atoms with van der Waals surface area (Å²) in [5.74, 6) is 0.494. The zero-order valence-corrected chi connectivity index (χ0v) is 14.7. The average molecular weight is 381 g/mol. The van der Waals surface area contributed by atoms with Gasteiger partial charge in [0.1, 0.15) is 5.75 Å². The van der Waals surface area contributed by atoms with Gasteiger partial charge in [-0.2, -0.15) is 10.2 Å². The predicted molar refractivity (Wildman–Crippen MR) is 94.3 cm³/mol. The van der Waals surface area contributed by atoms with Gasteiger partial charge in [0.2, 0.25) is 14.9 Å². The monoisotopic (exact) mass is 381 g/mol. The average Bonchev–Trinajstić information content (AvgIpc) is 3.12. The van der Waals surface area contributed by atoms with Gasteiger partial charge >= 0.3 is 0 Å². The second-order valence-electron chi connectivity index (χ2n) is 5.62. The van der Waals surface area contributed by atoms with E-state index in [0.29, 0.717) is 22.2 Å². The normalized spacial score (nSPS) is 11.6. The third kappa shape index (κ3) is 2.52. The van der Waals surface area contributed by atoms with Gasteiger partial charge in [-0.05, 0) is 36.4 Å². The summed E-state index contributed by atoms with van der Waals surface area (Å²) in [6.45, 7) is 0. The predicted octanol–water partition coefficient (Wildman–Crippen LogP) is 1.28. The van der Waals surface area contributed by atoms with Crippen LogP contribution in [0.5, 0.6) is 5.75 Å². The Labute approximate surface area is 152 Å². The van der Waals surface area contributed by atoms with Crippen LogP contribution in [-0.4, -0.2) is 35.3 Å². The minimum atomic E-state index is -4.05. The molecular formula is C17H11N5O4S. The molecule has 4 rings (SSSR count). The van der Waals surface area contributed by atoms with E-state index in [0.717, 1.165) is 0 Å². The van der Waals surface area contributed by atoms with E-state index in [1.54, 1.807) is 18.2 Å². The molecule has 134 valence electrons. The zero-order chi connectivity index (χ0) is 19.2. The summed E-state index contributed by atoms with van der Waals surface area (Å²) in [6.07, 6.45) is 0. The Morgan fingerprint density at radius 2 is 1.93 bits per heavy atom. The zero-order valence-electron chi connectivity index (χ0n) is 13.9. The number of aromatic amines is 1. The summed E-state index contributed by atoms with van der Waals surface area (Å²) < 4.78 is 32.3. The Morgan fingerprint density at radius 1 is 1.19 bits per heavy atom. The van der Waals surface area contributed by atoms with Crippen LogP contribution in [0, 0.1) is 11.3 Å². The van der Waals surface area contributed by atoms with E-state index in [9.17, 15) is 13.2 Å². The highest BCUT2D eigenvalue weighted by Crippen LogP contribution is 2.24. The molecular weight excluding hydrogens is 370 g/mol. The van der Waals surface area contributed by atoms with Crippen LogP contribution < -0.4 is 10.3 Å². The maximum atomic E-state index is 12.9. The number of rotatable bonds is 3. The van der Waals surface area contributed by atoms with Gasteiger partial charge in [-0.3, -0.25) is 4.79 Å². The summed E-state index contributed by atoms with van der Waals surface area (Å²) in [6, 6.07) is 12.1. The fourth-order valence-electron chi connectivity index (χ4n) is 2.72. The summed E-state index contributed by atoms with van der Waals surface area (Å²) in [4.78, 5) is 16.2. The quantitative estimate of drug-likeness (QED) is 0.566. The van der Waals surface area contributed by atoms with Gasteiger partial charge in [-0.15, -0.1) is 5.10 Å². The number of benzene rings is 2. The first-order valence-corrected chi connectivity index (χ1v) is 9.14. The minimum absolute atomic E-state index is 0.0597. The number of fused-ring (bicyclic) bond motifs is 3. The van der Waals surface area contributed by atoms with E-state index >= 15 is 0 Å². The second-order valence-corrected chi connectivity index (χ2v) is 7.48. The Kier molecular flexibility index (Phi) is 3.67. The fraction of sp³-hybridized carbons (Fsp3) is 0.0588. The van der Waals surface area contributed by atoms with Crippen molar-refractivity contribution in [2.75, 3.05) is 7.11 Å². The Bertz CT molecular complexity index is 1400. The lowest BCUT2D eigenvalue weighted by atomic mass is 10.2. The largest absolute Gasteiger partial charge is 0.497 e. The van der Waals surface area contributed by atoms with E-state index in [-0.39, 0.29) is 15.6 Å².